The van der Waals surface area contributed by atoms with Gasteiger partial charge in [-0.15, -0.1) is 0 Å². The molecule has 96 valence electrons. The number of halogens is 3. The highest BCUT2D eigenvalue weighted by Crippen LogP contribution is 2.21. The van der Waals surface area contributed by atoms with Crippen molar-refractivity contribution in [2.75, 3.05) is 13.7 Å². The van der Waals surface area contributed by atoms with Crippen molar-refractivity contribution in [2.45, 2.75) is 25.6 Å². The molecule has 0 atom stereocenters. The summed E-state index contributed by atoms with van der Waals surface area (Å²) in [7, 11) is 1.79. The zero-order valence-electron chi connectivity index (χ0n) is 9.55. The van der Waals surface area contributed by atoms with Crippen LogP contribution in [0.5, 0.6) is 5.88 Å². The van der Waals surface area contributed by atoms with Crippen LogP contribution in [0.2, 0.25) is 0 Å². The molecule has 0 aliphatic rings. The molecule has 0 aliphatic heterocycles. The lowest BCUT2D eigenvalue weighted by molar-refractivity contribution is -0.136. The molecule has 1 aromatic rings. The van der Waals surface area contributed by atoms with Crippen LogP contribution >= 0.6 is 0 Å². The molecular formula is C11H15F3N2O. The average Bonchev–Trinajstić information content (AvgIpc) is 2.24. The third kappa shape index (κ3) is 6.11. The summed E-state index contributed by atoms with van der Waals surface area (Å²) in [6, 6.07) is 5.21. The van der Waals surface area contributed by atoms with Gasteiger partial charge in [0.05, 0.1) is 12.3 Å². The Labute approximate surface area is 98.0 Å². The SMILES string of the molecule is CNCc1cccc(OCCCC(F)(F)F)n1. The third-order valence-electron chi connectivity index (χ3n) is 1.99. The van der Waals surface area contributed by atoms with E-state index in [4.69, 9.17) is 4.74 Å². The highest BCUT2D eigenvalue weighted by atomic mass is 19.4. The molecule has 0 bridgehead atoms. The average molecular weight is 248 g/mol. The first-order valence-corrected chi connectivity index (χ1v) is 5.31. The summed E-state index contributed by atoms with van der Waals surface area (Å²) in [5, 5.41) is 2.93. The maximum atomic E-state index is 11.9. The number of rotatable bonds is 6. The Bertz CT molecular complexity index is 342. The first-order chi connectivity index (χ1) is 8.01. The molecule has 0 saturated carbocycles. The van der Waals surface area contributed by atoms with E-state index >= 15 is 0 Å². The van der Waals surface area contributed by atoms with Crippen LogP contribution in [0.15, 0.2) is 18.2 Å². The molecule has 0 spiro atoms. The minimum atomic E-state index is -4.12. The number of alkyl halides is 3. The Morgan fingerprint density at radius 3 is 2.76 bits per heavy atom. The molecule has 17 heavy (non-hydrogen) atoms. The maximum Gasteiger partial charge on any atom is 0.389 e. The minimum absolute atomic E-state index is 0.0233. The number of ether oxygens (including phenoxy) is 1. The smallest absolute Gasteiger partial charge is 0.389 e. The van der Waals surface area contributed by atoms with E-state index in [2.05, 4.69) is 10.3 Å². The summed E-state index contributed by atoms with van der Waals surface area (Å²) in [6.45, 7) is 0.620. The van der Waals surface area contributed by atoms with Crippen molar-refractivity contribution in [3.63, 3.8) is 0 Å². The Morgan fingerprint density at radius 1 is 1.35 bits per heavy atom. The molecule has 1 aromatic heterocycles. The van der Waals surface area contributed by atoms with Crippen molar-refractivity contribution < 1.29 is 17.9 Å². The lowest BCUT2D eigenvalue weighted by Gasteiger charge is -2.08. The third-order valence-corrected chi connectivity index (χ3v) is 1.99. The van der Waals surface area contributed by atoms with Gasteiger partial charge in [-0.05, 0) is 19.5 Å². The Hall–Kier alpha value is -1.30. The Kier molecular flexibility index (Phi) is 5.21. The minimum Gasteiger partial charge on any atom is -0.478 e. The zero-order chi connectivity index (χ0) is 12.7. The van der Waals surface area contributed by atoms with Gasteiger partial charge in [-0.1, -0.05) is 6.07 Å². The zero-order valence-corrected chi connectivity index (χ0v) is 9.55. The fourth-order valence-electron chi connectivity index (χ4n) is 1.27. The van der Waals surface area contributed by atoms with Crippen LogP contribution in [0.1, 0.15) is 18.5 Å². The maximum absolute atomic E-state index is 11.9. The molecule has 6 heteroatoms. The Morgan fingerprint density at radius 2 is 2.12 bits per heavy atom. The molecule has 0 unspecified atom stereocenters. The monoisotopic (exact) mass is 248 g/mol. The van der Waals surface area contributed by atoms with Crippen molar-refractivity contribution in [3.8, 4) is 5.88 Å². The molecule has 0 radical (unpaired) electrons. The molecule has 0 saturated heterocycles. The summed E-state index contributed by atoms with van der Waals surface area (Å²) < 4.78 is 40.7. The van der Waals surface area contributed by atoms with Crippen molar-refractivity contribution in [2.24, 2.45) is 0 Å². The fraction of sp³-hybridized carbons (Fsp3) is 0.545. The summed E-state index contributed by atoms with van der Waals surface area (Å²) >= 11 is 0. The molecule has 0 fully saturated rings. The van der Waals surface area contributed by atoms with Crippen LogP contribution in [-0.2, 0) is 6.54 Å². The number of hydrogen-bond acceptors (Lipinski definition) is 3. The quantitative estimate of drug-likeness (QED) is 0.785. The normalized spacial score (nSPS) is 11.5. The van der Waals surface area contributed by atoms with Gasteiger partial charge < -0.3 is 10.1 Å². The predicted octanol–water partition coefficient (Wildman–Crippen LogP) is 2.52. The predicted molar refractivity (Wildman–Crippen MR) is 57.8 cm³/mol. The summed E-state index contributed by atoms with van der Waals surface area (Å²) in [6.07, 6.45) is -5.00. The molecule has 0 aliphatic carbocycles. The van der Waals surface area contributed by atoms with Crippen molar-refractivity contribution in [1.82, 2.24) is 10.3 Å². The molecule has 0 aromatic carbocycles. The van der Waals surface area contributed by atoms with Gasteiger partial charge in [0.15, 0.2) is 0 Å². The second kappa shape index (κ2) is 6.44. The lowest BCUT2D eigenvalue weighted by atomic mass is 10.3. The standard InChI is InChI=1S/C11H15F3N2O/c1-15-8-9-4-2-5-10(16-9)17-7-3-6-11(12,13)14/h2,4-5,15H,3,6-8H2,1H3. The van der Waals surface area contributed by atoms with E-state index in [1.165, 1.54) is 0 Å². The molecule has 1 heterocycles. The van der Waals surface area contributed by atoms with Gasteiger partial charge in [0.2, 0.25) is 5.88 Å². The van der Waals surface area contributed by atoms with Gasteiger partial charge >= 0.3 is 6.18 Å². The Balaban J connectivity index is 2.34. The number of nitrogens with one attached hydrogen (secondary N) is 1. The van der Waals surface area contributed by atoms with Crippen LogP contribution in [0.4, 0.5) is 13.2 Å². The molecule has 0 amide bonds. The first-order valence-electron chi connectivity index (χ1n) is 5.31. The van der Waals surface area contributed by atoms with E-state index in [0.717, 1.165) is 5.69 Å². The van der Waals surface area contributed by atoms with E-state index in [0.29, 0.717) is 12.4 Å². The van der Waals surface area contributed by atoms with Gasteiger partial charge in [0.25, 0.3) is 0 Å². The molecule has 1 N–H and O–H groups in total. The first kappa shape index (κ1) is 13.8. The summed E-state index contributed by atoms with van der Waals surface area (Å²) in [5.41, 5.74) is 0.792. The molecule has 1 rings (SSSR count). The van der Waals surface area contributed by atoms with Crippen molar-refractivity contribution in [1.29, 1.82) is 0 Å². The number of hydrogen-bond donors (Lipinski definition) is 1. The number of aromatic nitrogens is 1. The van der Waals surface area contributed by atoms with Gasteiger partial charge in [-0.25, -0.2) is 4.98 Å². The second-order valence-electron chi connectivity index (χ2n) is 3.56. The van der Waals surface area contributed by atoms with Gasteiger partial charge in [0, 0.05) is 19.0 Å². The summed E-state index contributed by atoms with van der Waals surface area (Å²) in [5.74, 6) is 0.361. The van der Waals surface area contributed by atoms with E-state index in [1.807, 2.05) is 6.07 Å². The second-order valence-corrected chi connectivity index (χ2v) is 3.56. The van der Waals surface area contributed by atoms with Crippen LogP contribution < -0.4 is 10.1 Å². The van der Waals surface area contributed by atoms with Crippen LogP contribution in [0.25, 0.3) is 0 Å². The summed E-state index contributed by atoms with van der Waals surface area (Å²) in [4.78, 5) is 4.13. The molecule has 3 nitrogen and oxygen atoms in total. The highest BCUT2D eigenvalue weighted by molar-refractivity contribution is 5.15. The van der Waals surface area contributed by atoms with Crippen LogP contribution in [0, 0.1) is 0 Å². The van der Waals surface area contributed by atoms with E-state index in [9.17, 15) is 13.2 Å². The largest absolute Gasteiger partial charge is 0.478 e. The van der Waals surface area contributed by atoms with Crippen molar-refractivity contribution in [3.05, 3.63) is 23.9 Å². The lowest BCUT2D eigenvalue weighted by Crippen LogP contribution is -2.11. The number of pyridine rings is 1. The number of nitrogens with zero attached hydrogens (tertiary/aromatic N) is 1. The van der Waals surface area contributed by atoms with Gasteiger partial charge in [-0.3, -0.25) is 0 Å². The fourth-order valence-corrected chi connectivity index (χ4v) is 1.27. The van der Waals surface area contributed by atoms with E-state index in [1.54, 1.807) is 19.2 Å². The van der Waals surface area contributed by atoms with Crippen molar-refractivity contribution >= 4 is 0 Å². The van der Waals surface area contributed by atoms with E-state index < -0.39 is 12.6 Å². The van der Waals surface area contributed by atoms with Gasteiger partial charge in [0.1, 0.15) is 0 Å². The molecular weight excluding hydrogens is 233 g/mol. The highest BCUT2D eigenvalue weighted by Gasteiger charge is 2.26. The van der Waals surface area contributed by atoms with Gasteiger partial charge in [-0.2, -0.15) is 13.2 Å². The van der Waals surface area contributed by atoms with E-state index in [-0.39, 0.29) is 13.0 Å². The topological polar surface area (TPSA) is 34.1 Å². The van der Waals surface area contributed by atoms with Crippen LogP contribution in [-0.4, -0.2) is 24.8 Å². The van der Waals surface area contributed by atoms with Crippen LogP contribution in [0.3, 0.4) is 0 Å².